The van der Waals surface area contributed by atoms with Gasteiger partial charge in [0.05, 0.1) is 36.3 Å². The summed E-state index contributed by atoms with van der Waals surface area (Å²) in [5, 5.41) is 19.4. The number of aliphatic hydroxyl groups excluding tert-OH is 1. The predicted octanol–water partition coefficient (Wildman–Crippen LogP) is 3.92. The SMILES string of the molecule is C=CCCCCOC(=O)[C@@H]1[C@H]2C(=O)N([C@@H](CO)Cc3ccccc3)C(C(=O)N(CC=C)Cn3nnc4ccccc43)C23CC(C)[C@@]1(C)O3. The van der Waals surface area contributed by atoms with Gasteiger partial charge in [0.15, 0.2) is 0 Å². The summed E-state index contributed by atoms with van der Waals surface area (Å²) in [4.78, 5) is 46.9. The van der Waals surface area contributed by atoms with Gasteiger partial charge in [-0.15, -0.1) is 18.3 Å². The first-order chi connectivity index (χ1) is 23.2. The van der Waals surface area contributed by atoms with Crippen LogP contribution in [0.3, 0.4) is 0 Å². The second kappa shape index (κ2) is 13.6. The number of unbranched alkanes of at least 4 members (excludes halogenated alkanes) is 2. The lowest BCUT2D eigenvalue weighted by atomic mass is 9.62. The van der Waals surface area contributed by atoms with Gasteiger partial charge < -0.3 is 24.4 Å². The van der Waals surface area contributed by atoms with Gasteiger partial charge in [-0.2, -0.15) is 0 Å². The minimum absolute atomic E-state index is 0.0517. The molecule has 1 N–H and O–H groups in total. The van der Waals surface area contributed by atoms with Gasteiger partial charge in [-0.25, -0.2) is 4.68 Å². The third-order valence-corrected chi connectivity index (χ3v) is 10.6. The van der Waals surface area contributed by atoms with E-state index in [-0.39, 0.29) is 44.2 Å². The topological polar surface area (TPSA) is 127 Å². The molecule has 0 aliphatic carbocycles. The molecule has 254 valence electrons. The van der Waals surface area contributed by atoms with Crippen molar-refractivity contribution < 1.29 is 29.0 Å². The Bertz CT molecular complexity index is 1680. The van der Waals surface area contributed by atoms with Gasteiger partial charge in [0.1, 0.15) is 29.7 Å². The highest BCUT2D eigenvalue weighted by Crippen LogP contribution is 2.65. The molecule has 3 fully saturated rings. The van der Waals surface area contributed by atoms with Crippen molar-refractivity contribution in [2.75, 3.05) is 19.8 Å². The van der Waals surface area contributed by atoms with Crippen LogP contribution >= 0.6 is 0 Å². The number of esters is 1. The van der Waals surface area contributed by atoms with Crippen molar-refractivity contribution >= 4 is 28.8 Å². The van der Waals surface area contributed by atoms with Crippen LogP contribution < -0.4 is 0 Å². The molecule has 2 amide bonds. The molecule has 48 heavy (non-hydrogen) atoms. The second-order valence-electron chi connectivity index (χ2n) is 13.5. The molecular formula is C37H45N5O6. The fourth-order valence-electron chi connectivity index (χ4n) is 8.23. The summed E-state index contributed by atoms with van der Waals surface area (Å²) in [6.45, 7) is 11.6. The number of aromatic nitrogens is 3. The molecule has 3 aliphatic rings. The summed E-state index contributed by atoms with van der Waals surface area (Å²) in [6.07, 6.45) is 6.49. The van der Waals surface area contributed by atoms with Crippen molar-refractivity contribution in [2.24, 2.45) is 17.8 Å². The standard InChI is InChI=1S/C37H45N5O6/c1-5-7-8-14-20-47-35(46)31-30-33(44)42(27(23-43)21-26-15-10-9-11-16-26)32(37(30)22-25(3)36(31,4)48-37)34(45)40(19-6-2)24-41-29-18-13-12-17-28(29)38-39-41/h5-6,9-13,15-18,25,27,30-32,43H,1-2,7-8,14,19-24H2,3-4H3/t25?,27-,30+,31+,32?,36-,37?/m1/s1. The van der Waals surface area contributed by atoms with Gasteiger partial charge in [-0.1, -0.05) is 66.8 Å². The monoisotopic (exact) mass is 655 g/mol. The van der Waals surface area contributed by atoms with E-state index in [1.807, 2.05) is 74.5 Å². The molecule has 0 radical (unpaired) electrons. The van der Waals surface area contributed by atoms with Crippen LogP contribution in [0.15, 0.2) is 79.9 Å². The largest absolute Gasteiger partial charge is 0.465 e. The molecule has 11 heteroatoms. The molecule has 0 saturated carbocycles. The van der Waals surface area contributed by atoms with Gasteiger partial charge in [-0.05, 0) is 62.6 Å². The van der Waals surface area contributed by atoms with Crippen LogP contribution in [0.2, 0.25) is 0 Å². The third-order valence-electron chi connectivity index (χ3n) is 10.6. The fraction of sp³-hybridized carbons (Fsp3) is 0.486. The van der Waals surface area contributed by atoms with Crippen molar-refractivity contribution in [1.82, 2.24) is 24.8 Å². The molecule has 7 atom stereocenters. The number of fused-ring (bicyclic) bond motifs is 2. The van der Waals surface area contributed by atoms with Gasteiger partial charge in [-0.3, -0.25) is 14.4 Å². The van der Waals surface area contributed by atoms with Crippen LogP contribution in [0.4, 0.5) is 0 Å². The molecule has 3 aromatic rings. The van der Waals surface area contributed by atoms with E-state index in [9.17, 15) is 14.7 Å². The van der Waals surface area contributed by atoms with Crippen LogP contribution in [-0.2, 0) is 36.9 Å². The minimum atomic E-state index is -1.30. The number of nitrogens with zero attached hydrogens (tertiary/aromatic N) is 5. The number of hydrogen-bond acceptors (Lipinski definition) is 8. The maximum Gasteiger partial charge on any atom is 0.312 e. The van der Waals surface area contributed by atoms with Crippen LogP contribution in [0.5, 0.6) is 0 Å². The van der Waals surface area contributed by atoms with Gasteiger partial charge in [0, 0.05) is 6.54 Å². The van der Waals surface area contributed by atoms with Crippen molar-refractivity contribution in [3.8, 4) is 0 Å². The zero-order valence-corrected chi connectivity index (χ0v) is 27.7. The van der Waals surface area contributed by atoms with E-state index in [2.05, 4.69) is 23.5 Å². The first kappa shape index (κ1) is 33.5. The number of hydrogen-bond donors (Lipinski definition) is 1. The number of allylic oxidation sites excluding steroid dienone is 1. The third kappa shape index (κ3) is 5.62. The van der Waals surface area contributed by atoms with E-state index in [1.54, 1.807) is 15.7 Å². The van der Waals surface area contributed by atoms with Crippen LogP contribution in [-0.4, -0.2) is 90.7 Å². The van der Waals surface area contributed by atoms with Crippen LogP contribution in [0.1, 0.15) is 45.1 Å². The molecule has 2 aromatic carbocycles. The summed E-state index contributed by atoms with van der Waals surface area (Å²) in [6, 6.07) is 15.2. The van der Waals surface area contributed by atoms with Crippen molar-refractivity contribution in [2.45, 2.75) is 75.9 Å². The Labute approximate surface area is 281 Å². The number of carbonyl (C=O) groups is 3. The van der Waals surface area contributed by atoms with E-state index in [1.165, 1.54) is 4.90 Å². The summed E-state index contributed by atoms with van der Waals surface area (Å²) in [7, 11) is 0. The highest BCUT2D eigenvalue weighted by molar-refractivity contribution is 5.99. The Morgan fingerprint density at radius 3 is 2.62 bits per heavy atom. The number of benzene rings is 2. The molecule has 1 aromatic heterocycles. The molecule has 2 bridgehead atoms. The maximum atomic E-state index is 15.0. The summed E-state index contributed by atoms with van der Waals surface area (Å²) < 4.78 is 14.4. The minimum Gasteiger partial charge on any atom is -0.465 e. The number of likely N-dealkylation sites (tertiary alicyclic amines) is 1. The molecule has 4 heterocycles. The van der Waals surface area contributed by atoms with Crippen molar-refractivity contribution in [3.05, 3.63) is 85.5 Å². The summed E-state index contributed by atoms with van der Waals surface area (Å²) >= 11 is 0. The number of para-hydroxylation sites is 1. The van der Waals surface area contributed by atoms with Crippen LogP contribution in [0.25, 0.3) is 11.0 Å². The second-order valence-corrected chi connectivity index (χ2v) is 13.5. The van der Waals surface area contributed by atoms with E-state index < -0.39 is 41.1 Å². The Kier molecular flexibility index (Phi) is 9.53. The number of amides is 2. The van der Waals surface area contributed by atoms with Crippen LogP contribution in [0, 0.1) is 17.8 Å². The Morgan fingerprint density at radius 2 is 1.90 bits per heavy atom. The zero-order chi connectivity index (χ0) is 34.1. The number of carbonyl (C=O) groups excluding carboxylic acids is 3. The molecule has 3 aliphatic heterocycles. The Hall–Kier alpha value is -4.35. The molecular weight excluding hydrogens is 610 g/mol. The maximum absolute atomic E-state index is 15.0. The predicted molar refractivity (Wildman–Crippen MR) is 179 cm³/mol. The molecule has 3 saturated heterocycles. The van der Waals surface area contributed by atoms with E-state index in [0.717, 1.165) is 23.9 Å². The van der Waals surface area contributed by atoms with Crippen molar-refractivity contribution in [3.63, 3.8) is 0 Å². The number of ether oxygens (including phenoxy) is 2. The van der Waals surface area contributed by atoms with Gasteiger partial charge in [0.25, 0.3) is 0 Å². The average molecular weight is 656 g/mol. The van der Waals surface area contributed by atoms with E-state index >= 15 is 4.79 Å². The lowest BCUT2D eigenvalue weighted by molar-refractivity contribution is -0.164. The number of rotatable bonds is 15. The number of aliphatic hydroxyl groups is 1. The molecule has 6 rings (SSSR count). The normalized spacial score (nSPS) is 28.0. The molecule has 1 spiro atoms. The average Bonchev–Trinajstić information content (AvgIpc) is 3.76. The van der Waals surface area contributed by atoms with Gasteiger partial charge >= 0.3 is 5.97 Å². The van der Waals surface area contributed by atoms with Crippen molar-refractivity contribution in [1.29, 1.82) is 0 Å². The molecule has 3 unspecified atom stereocenters. The van der Waals surface area contributed by atoms with E-state index in [0.29, 0.717) is 24.8 Å². The first-order valence-electron chi connectivity index (χ1n) is 16.8. The fourth-order valence-corrected chi connectivity index (χ4v) is 8.23. The summed E-state index contributed by atoms with van der Waals surface area (Å²) in [5.74, 6) is -3.24. The smallest absolute Gasteiger partial charge is 0.312 e. The highest BCUT2D eigenvalue weighted by Gasteiger charge is 2.80. The lowest BCUT2D eigenvalue weighted by Gasteiger charge is -2.39. The summed E-state index contributed by atoms with van der Waals surface area (Å²) in [5.41, 5.74) is 0.0320. The van der Waals surface area contributed by atoms with Gasteiger partial charge in [0.2, 0.25) is 11.8 Å². The Morgan fingerprint density at radius 1 is 1.15 bits per heavy atom. The highest BCUT2D eigenvalue weighted by atomic mass is 16.6. The zero-order valence-electron chi connectivity index (χ0n) is 27.7. The quantitative estimate of drug-likeness (QED) is 0.148. The lowest BCUT2D eigenvalue weighted by Crippen LogP contribution is -2.59. The first-order valence-corrected chi connectivity index (χ1v) is 16.8. The molecule has 11 nitrogen and oxygen atoms in total. The Balaban J connectivity index is 1.40. The van der Waals surface area contributed by atoms with E-state index in [4.69, 9.17) is 9.47 Å².